The average molecular weight is 397 g/mol. The molecule has 2 rings (SSSR count). The lowest BCUT2D eigenvalue weighted by Crippen LogP contribution is -2.31. The van der Waals surface area contributed by atoms with Crippen LogP contribution in [0.15, 0.2) is 40.9 Å². The highest BCUT2D eigenvalue weighted by Crippen LogP contribution is 2.27. The van der Waals surface area contributed by atoms with E-state index < -0.39 is 0 Å². The third-order valence-electron chi connectivity index (χ3n) is 3.66. The summed E-state index contributed by atoms with van der Waals surface area (Å²) in [5, 5.41) is 3.55. The number of hydrogen-bond donors (Lipinski definition) is 1. The summed E-state index contributed by atoms with van der Waals surface area (Å²) < 4.78 is 6.24. The predicted octanol–water partition coefficient (Wildman–Crippen LogP) is 4.98. The number of rotatable bonds is 5. The Morgan fingerprint density at radius 2 is 1.96 bits per heavy atom. The summed E-state index contributed by atoms with van der Waals surface area (Å²) in [6.45, 7) is 6.05. The summed E-state index contributed by atoms with van der Waals surface area (Å²) in [7, 11) is 0. The van der Waals surface area contributed by atoms with Crippen molar-refractivity contribution in [3.8, 4) is 5.75 Å². The molecule has 0 spiro atoms. The Labute approximate surface area is 150 Å². The van der Waals surface area contributed by atoms with Crippen molar-refractivity contribution in [3.63, 3.8) is 0 Å². The lowest BCUT2D eigenvalue weighted by molar-refractivity contribution is -0.123. The molecule has 0 aliphatic carbocycles. The van der Waals surface area contributed by atoms with Gasteiger partial charge in [0.2, 0.25) is 0 Å². The van der Waals surface area contributed by atoms with Crippen molar-refractivity contribution in [1.29, 1.82) is 0 Å². The minimum Gasteiger partial charge on any atom is -0.483 e. The maximum absolute atomic E-state index is 12.1. The van der Waals surface area contributed by atoms with Gasteiger partial charge in [-0.2, -0.15) is 0 Å². The van der Waals surface area contributed by atoms with Gasteiger partial charge < -0.3 is 10.1 Å². The summed E-state index contributed by atoms with van der Waals surface area (Å²) in [5.41, 5.74) is 3.53. The van der Waals surface area contributed by atoms with Crippen LogP contribution in [0.5, 0.6) is 5.75 Å². The van der Waals surface area contributed by atoms with Gasteiger partial charge in [0.1, 0.15) is 5.75 Å². The molecule has 1 N–H and O–H groups in total. The van der Waals surface area contributed by atoms with Crippen LogP contribution in [0.1, 0.15) is 29.7 Å². The van der Waals surface area contributed by atoms with Crippen molar-refractivity contribution in [2.24, 2.45) is 0 Å². The fourth-order valence-corrected chi connectivity index (χ4v) is 2.93. The second kappa shape index (κ2) is 7.84. The molecule has 0 unspecified atom stereocenters. The summed E-state index contributed by atoms with van der Waals surface area (Å²) in [4.78, 5) is 12.1. The molecule has 2 aromatic carbocycles. The average Bonchev–Trinajstić information content (AvgIpc) is 2.49. The van der Waals surface area contributed by atoms with Crippen LogP contribution in [0.3, 0.4) is 0 Å². The molecule has 5 heteroatoms. The van der Waals surface area contributed by atoms with Gasteiger partial charge in [0.25, 0.3) is 5.91 Å². The molecule has 23 heavy (non-hydrogen) atoms. The van der Waals surface area contributed by atoms with E-state index in [4.69, 9.17) is 16.3 Å². The van der Waals surface area contributed by atoms with Crippen LogP contribution in [0.4, 0.5) is 0 Å². The first-order valence-electron chi connectivity index (χ1n) is 7.31. The monoisotopic (exact) mass is 395 g/mol. The third-order valence-corrected chi connectivity index (χ3v) is 4.52. The maximum Gasteiger partial charge on any atom is 0.258 e. The minimum atomic E-state index is -0.169. The predicted molar refractivity (Wildman–Crippen MR) is 97.1 cm³/mol. The van der Waals surface area contributed by atoms with E-state index in [1.807, 2.05) is 13.0 Å². The molecule has 0 heterocycles. The van der Waals surface area contributed by atoms with Crippen molar-refractivity contribution in [2.75, 3.05) is 6.61 Å². The van der Waals surface area contributed by atoms with Crippen LogP contribution >= 0.6 is 27.5 Å². The van der Waals surface area contributed by atoms with Crippen LogP contribution in [0.2, 0.25) is 5.02 Å². The zero-order valence-corrected chi connectivity index (χ0v) is 15.7. The minimum absolute atomic E-state index is 0.0462. The molecule has 1 amide bonds. The lowest BCUT2D eigenvalue weighted by Gasteiger charge is -2.16. The van der Waals surface area contributed by atoms with E-state index in [-0.39, 0.29) is 18.6 Å². The summed E-state index contributed by atoms with van der Waals surface area (Å²) in [6, 6.07) is 11.3. The van der Waals surface area contributed by atoms with Gasteiger partial charge >= 0.3 is 0 Å². The van der Waals surface area contributed by atoms with Gasteiger partial charge in [0.05, 0.1) is 10.5 Å². The Morgan fingerprint density at radius 3 is 2.61 bits per heavy atom. The Morgan fingerprint density at radius 1 is 1.22 bits per heavy atom. The van der Waals surface area contributed by atoms with Crippen LogP contribution in [0, 0.1) is 13.8 Å². The SMILES string of the molecule is Cc1ccc([C@H](C)NC(=O)COc2ccc(Cl)cc2Br)cc1C. The first kappa shape index (κ1) is 17.8. The van der Waals surface area contributed by atoms with Gasteiger partial charge in [-0.3, -0.25) is 4.79 Å². The molecular weight excluding hydrogens is 378 g/mol. The molecule has 0 saturated carbocycles. The van der Waals surface area contributed by atoms with Crippen LogP contribution < -0.4 is 10.1 Å². The Balaban J connectivity index is 1.92. The van der Waals surface area contributed by atoms with Crippen molar-refractivity contribution in [2.45, 2.75) is 26.8 Å². The largest absolute Gasteiger partial charge is 0.483 e. The number of hydrogen-bond acceptors (Lipinski definition) is 2. The highest BCUT2D eigenvalue weighted by Gasteiger charge is 2.11. The summed E-state index contributed by atoms with van der Waals surface area (Å²) in [5.74, 6) is 0.418. The fraction of sp³-hybridized carbons (Fsp3) is 0.278. The molecular formula is C18H19BrClNO2. The first-order valence-corrected chi connectivity index (χ1v) is 8.48. The second-order valence-electron chi connectivity index (χ2n) is 5.50. The molecule has 0 aromatic heterocycles. The second-order valence-corrected chi connectivity index (χ2v) is 6.79. The fourth-order valence-electron chi connectivity index (χ4n) is 2.14. The zero-order chi connectivity index (χ0) is 17.0. The van der Waals surface area contributed by atoms with Gasteiger partial charge in [-0.05, 0) is 71.6 Å². The number of halogens is 2. The molecule has 0 saturated heterocycles. The number of aryl methyl sites for hydroxylation is 2. The van der Waals surface area contributed by atoms with E-state index in [1.165, 1.54) is 11.1 Å². The zero-order valence-electron chi connectivity index (χ0n) is 13.3. The van der Waals surface area contributed by atoms with Crippen molar-refractivity contribution in [1.82, 2.24) is 5.32 Å². The molecule has 2 aromatic rings. The van der Waals surface area contributed by atoms with E-state index >= 15 is 0 Å². The van der Waals surface area contributed by atoms with Gasteiger partial charge in [-0.15, -0.1) is 0 Å². The Kier molecular flexibility index (Phi) is 6.08. The molecule has 0 fully saturated rings. The smallest absolute Gasteiger partial charge is 0.258 e. The van der Waals surface area contributed by atoms with Crippen molar-refractivity contribution in [3.05, 3.63) is 62.6 Å². The van der Waals surface area contributed by atoms with Gasteiger partial charge in [-0.1, -0.05) is 29.8 Å². The summed E-state index contributed by atoms with van der Waals surface area (Å²) >= 11 is 9.23. The lowest BCUT2D eigenvalue weighted by atomic mass is 10.0. The van der Waals surface area contributed by atoms with Crippen molar-refractivity contribution < 1.29 is 9.53 Å². The topological polar surface area (TPSA) is 38.3 Å². The highest BCUT2D eigenvalue weighted by atomic mass is 79.9. The molecule has 0 aliphatic heterocycles. The highest BCUT2D eigenvalue weighted by molar-refractivity contribution is 9.10. The number of nitrogens with one attached hydrogen (secondary N) is 1. The summed E-state index contributed by atoms with van der Waals surface area (Å²) in [6.07, 6.45) is 0. The molecule has 1 atom stereocenters. The van der Waals surface area contributed by atoms with E-state index in [2.05, 4.69) is 47.2 Å². The van der Waals surface area contributed by atoms with E-state index in [9.17, 15) is 4.79 Å². The Hall–Kier alpha value is -1.52. The van der Waals surface area contributed by atoms with E-state index in [0.717, 1.165) is 10.0 Å². The quantitative estimate of drug-likeness (QED) is 0.774. The number of benzene rings is 2. The van der Waals surface area contributed by atoms with Crippen LogP contribution in [-0.2, 0) is 4.79 Å². The number of carbonyl (C=O) groups is 1. The molecule has 3 nitrogen and oxygen atoms in total. The number of carbonyl (C=O) groups excluding carboxylic acids is 1. The standard InChI is InChI=1S/C18H19BrClNO2/c1-11-4-5-14(8-12(11)2)13(3)21-18(22)10-23-17-7-6-15(20)9-16(17)19/h4-9,13H,10H2,1-3H3,(H,21,22)/t13-/m0/s1. The molecule has 0 radical (unpaired) electrons. The molecule has 0 aliphatic rings. The number of amides is 1. The van der Waals surface area contributed by atoms with Crippen LogP contribution in [-0.4, -0.2) is 12.5 Å². The maximum atomic E-state index is 12.1. The van der Waals surface area contributed by atoms with Gasteiger partial charge in [0, 0.05) is 5.02 Å². The number of ether oxygens (including phenoxy) is 1. The molecule has 122 valence electrons. The van der Waals surface area contributed by atoms with E-state index in [1.54, 1.807) is 18.2 Å². The normalized spacial score (nSPS) is 11.9. The first-order chi connectivity index (χ1) is 10.9. The Bertz CT molecular complexity index is 718. The van der Waals surface area contributed by atoms with Gasteiger partial charge in [-0.25, -0.2) is 0 Å². The van der Waals surface area contributed by atoms with Gasteiger partial charge in [0.15, 0.2) is 6.61 Å². The van der Waals surface area contributed by atoms with Crippen molar-refractivity contribution >= 4 is 33.4 Å². The van der Waals surface area contributed by atoms with Crippen LogP contribution in [0.25, 0.3) is 0 Å². The van der Waals surface area contributed by atoms with E-state index in [0.29, 0.717) is 10.8 Å². The molecule has 0 bridgehead atoms. The third kappa shape index (κ3) is 4.98.